The van der Waals surface area contributed by atoms with Gasteiger partial charge >= 0.3 is 0 Å². The van der Waals surface area contributed by atoms with Gasteiger partial charge in [0.05, 0.1) is 2.74 Å². The number of carbonyl (C=O) groups excluding carboxylic acids is 1. The monoisotopic (exact) mass is 380 g/mol. The average molecular weight is 381 g/mol. The number of rotatable bonds is 6. The summed E-state index contributed by atoms with van der Waals surface area (Å²) in [4.78, 5) is 12.5. The summed E-state index contributed by atoms with van der Waals surface area (Å²) in [5, 5.41) is 11.2. The number of hydrogen-bond acceptors (Lipinski definition) is 3. The minimum Gasteiger partial charge on any atom is -0.508 e. The number of benzene rings is 1. The predicted octanol–water partition coefficient (Wildman–Crippen LogP) is 6.26. The van der Waals surface area contributed by atoms with E-state index in [0.717, 1.165) is 0 Å². The van der Waals surface area contributed by atoms with Crippen LogP contribution in [0.15, 0.2) is 12.1 Å². The smallest absolute Gasteiger partial charge is 0.133 e. The molecule has 2 atom stereocenters. The average Bonchev–Trinajstić information content (AvgIpc) is 2.65. The number of phenols is 1. The molecule has 1 saturated carbocycles. The Morgan fingerprint density at radius 2 is 2.15 bits per heavy atom. The fraction of sp³-hybridized carbons (Fsp3) is 0.708. The molecule has 0 aromatic heterocycles. The van der Waals surface area contributed by atoms with E-state index >= 15 is 0 Å². The lowest BCUT2D eigenvalue weighted by atomic mass is 9.66. The van der Waals surface area contributed by atoms with E-state index in [1.54, 1.807) is 0 Å². The summed E-state index contributed by atoms with van der Waals surface area (Å²) in [5.41, 5.74) is -2.52. The number of Topliss-reactive ketones (excluding diaryl/α,β-unsaturated/α-hetero) is 1. The highest BCUT2D eigenvalue weighted by molar-refractivity contribution is 5.81. The Morgan fingerprint density at radius 1 is 1.41 bits per heavy atom. The van der Waals surface area contributed by atoms with Crippen molar-refractivity contribution in [3.63, 3.8) is 0 Å². The molecule has 1 aliphatic heterocycles. The van der Waals surface area contributed by atoms with Crippen LogP contribution in [-0.4, -0.2) is 16.5 Å². The summed E-state index contributed by atoms with van der Waals surface area (Å²) in [7, 11) is 0. The molecular weight excluding hydrogens is 336 g/mol. The molecular formula is C24H36O3. The summed E-state index contributed by atoms with van der Waals surface area (Å²) in [5.74, 6) is -5.94. The van der Waals surface area contributed by atoms with Crippen LogP contribution in [0.25, 0.3) is 0 Å². The van der Waals surface area contributed by atoms with Crippen molar-refractivity contribution in [2.45, 2.75) is 103 Å². The van der Waals surface area contributed by atoms with Gasteiger partial charge in [0.25, 0.3) is 0 Å². The zero-order valence-corrected chi connectivity index (χ0v) is 17.0. The maximum atomic E-state index is 12.5. The van der Waals surface area contributed by atoms with Gasteiger partial charge in [0.1, 0.15) is 22.9 Å². The minimum atomic E-state index is -2.44. The minimum absolute atomic E-state index is 0.181. The van der Waals surface area contributed by atoms with Gasteiger partial charge in [0, 0.05) is 38.4 Å². The fourth-order valence-electron chi connectivity index (χ4n) is 3.92. The van der Waals surface area contributed by atoms with Gasteiger partial charge in [0.15, 0.2) is 0 Å². The molecule has 0 amide bonds. The third-order valence-corrected chi connectivity index (χ3v) is 5.50. The van der Waals surface area contributed by atoms with Crippen LogP contribution in [0, 0.1) is 5.89 Å². The van der Waals surface area contributed by atoms with Gasteiger partial charge in [-0.1, -0.05) is 46.4 Å². The first-order chi connectivity index (χ1) is 15.6. The van der Waals surface area contributed by atoms with E-state index in [-0.39, 0.29) is 29.0 Å². The van der Waals surface area contributed by atoms with Crippen molar-refractivity contribution in [3.05, 3.63) is 23.2 Å². The van der Waals surface area contributed by atoms with Crippen molar-refractivity contribution in [3.8, 4) is 11.5 Å². The molecule has 1 aromatic carbocycles. The van der Waals surface area contributed by atoms with Crippen LogP contribution in [0.5, 0.6) is 11.5 Å². The standard InChI is InChI=1S/C24H36O3/c1-6-7-8-9-12-23(2,3)16-13-20(26)22-18-15-17(25)10-11-19(18)24(4,5)27-21(22)14-16/h13-14,18-19,26H,6-12,15H2,1-5H3/t18-,19-/m1/s1/i6D2,11D2,13D,14D,18D,19D. The fourth-order valence-corrected chi connectivity index (χ4v) is 3.92. The number of hydrogen-bond donors (Lipinski definition) is 1. The maximum absolute atomic E-state index is 12.5. The van der Waals surface area contributed by atoms with Crippen LogP contribution >= 0.6 is 0 Å². The van der Waals surface area contributed by atoms with Gasteiger partial charge in [-0.2, -0.15) is 0 Å². The third kappa shape index (κ3) is 4.02. The number of aromatic hydroxyl groups is 1. The Kier molecular flexibility index (Phi) is 3.36. The first-order valence-corrected chi connectivity index (χ1v) is 9.71. The van der Waals surface area contributed by atoms with Crippen LogP contribution in [0.1, 0.15) is 114 Å². The van der Waals surface area contributed by atoms with Crippen LogP contribution in [-0.2, 0) is 10.2 Å². The SMILES string of the molecule is [2H]c1c(O)c2c(c([2H])c1C(C)(C)CCCCC([2H])([2H])C)OC(C)(C)[C@]1([2H])C([2H])([2H])CC(=O)C[C@@]21[2H]. The van der Waals surface area contributed by atoms with Crippen molar-refractivity contribution in [2.75, 3.05) is 0 Å². The number of fused-ring (bicyclic) bond motifs is 3. The van der Waals surface area contributed by atoms with E-state index in [9.17, 15) is 12.6 Å². The first-order valence-electron chi connectivity index (χ1n) is 13.7. The normalized spacial score (nSPS) is 36.3. The van der Waals surface area contributed by atoms with Gasteiger partial charge < -0.3 is 9.84 Å². The van der Waals surface area contributed by atoms with Crippen molar-refractivity contribution >= 4 is 5.78 Å². The van der Waals surface area contributed by atoms with Crippen LogP contribution in [0.3, 0.4) is 0 Å². The first kappa shape index (κ1) is 12.1. The van der Waals surface area contributed by atoms with Crippen molar-refractivity contribution in [1.29, 1.82) is 0 Å². The number of ketones is 1. The largest absolute Gasteiger partial charge is 0.508 e. The molecule has 1 aliphatic carbocycles. The molecule has 27 heavy (non-hydrogen) atoms. The summed E-state index contributed by atoms with van der Waals surface area (Å²) in [6.45, 7) is 8.10. The highest BCUT2D eigenvalue weighted by Crippen LogP contribution is 2.54. The van der Waals surface area contributed by atoms with Crippen molar-refractivity contribution in [1.82, 2.24) is 0 Å². The molecule has 3 heteroatoms. The summed E-state index contributed by atoms with van der Waals surface area (Å²) < 4.78 is 74.6. The van der Waals surface area contributed by atoms with E-state index in [2.05, 4.69) is 0 Å². The number of carbonyl (C=O) groups is 1. The van der Waals surface area contributed by atoms with E-state index in [0.29, 0.717) is 25.7 Å². The van der Waals surface area contributed by atoms with E-state index in [4.69, 9.17) is 13.0 Å². The van der Waals surface area contributed by atoms with E-state index < -0.39 is 59.9 Å². The van der Waals surface area contributed by atoms with Crippen LogP contribution in [0.2, 0.25) is 0 Å². The predicted molar refractivity (Wildman–Crippen MR) is 110 cm³/mol. The zero-order valence-electron chi connectivity index (χ0n) is 25.0. The molecule has 0 unspecified atom stereocenters. The second-order valence-corrected chi connectivity index (χ2v) is 8.66. The highest BCUT2D eigenvalue weighted by Gasteiger charge is 2.47. The topological polar surface area (TPSA) is 46.5 Å². The molecule has 2 aliphatic rings. The van der Waals surface area contributed by atoms with Crippen molar-refractivity contribution in [2.24, 2.45) is 5.89 Å². The van der Waals surface area contributed by atoms with Gasteiger partial charge in [0.2, 0.25) is 0 Å². The molecule has 1 N–H and O–H groups in total. The molecule has 1 fully saturated rings. The lowest BCUT2D eigenvalue weighted by molar-refractivity contribution is -0.124. The summed E-state index contributed by atoms with van der Waals surface area (Å²) >= 11 is 0. The second kappa shape index (κ2) is 7.48. The van der Waals surface area contributed by atoms with Gasteiger partial charge in [-0.25, -0.2) is 0 Å². The third-order valence-electron chi connectivity index (χ3n) is 5.50. The second-order valence-electron chi connectivity index (χ2n) is 8.66. The Hall–Kier alpha value is -1.51. The van der Waals surface area contributed by atoms with E-state index in [1.807, 2.05) is 13.8 Å². The zero-order chi connectivity index (χ0) is 27.0. The van der Waals surface area contributed by atoms with Gasteiger partial charge in [-0.3, -0.25) is 4.79 Å². The summed E-state index contributed by atoms with van der Waals surface area (Å²) in [6.07, 6.45) is -2.67. The van der Waals surface area contributed by atoms with Gasteiger partial charge in [-0.15, -0.1) is 0 Å². The molecule has 1 aromatic rings. The van der Waals surface area contributed by atoms with Crippen LogP contribution in [0.4, 0.5) is 0 Å². The van der Waals surface area contributed by atoms with E-state index in [1.165, 1.54) is 20.8 Å². The molecule has 0 bridgehead atoms. The van der Waals surface area contributed by atoms with Crippen molar-refractivity contribution < 1.29 is 25.6 Å². The molecule has 3 nitrogen and oxygen atoms in total. The summed E-state index contributed by atoms with van der Waals surface area (Å²) in [6, 6.07) is -0.598. The Morgan fingerprint density at radius 3 is 2.85 bits per heavy atom. The Balaban J connectivity index is 2.18. The molecule has 1 heterocycles. The molecule has 0 saturated heterocycles. The quantitative estimate of drug-likeness (QED) is 0.592. The molecule has 0 spiro atoms. The van der Waals surface area contributed by atoms with Crippen LogP contribution < -0.4 is 4.74 Å². The Labute approximate surface area is 175 Å². The number of phenolic OH excluding ortho intramolecular Hbond substituents is 1. The lowest BCUT2D eigenvalue weighted by Crippen LogP contribution is -2.47. The molecule has 3 rings (SSSR count). The highest BCUT2D eigenvalue weighted by atomic mass is 16.5. The lowest BCUT2D eigenvalue weighted by Gasteiger charge is -2.47. The number of ether oxygens (including phenoxy) is 1. The Bertz CT molecular complexity index is 1050. The molecule has 0 radical (unpaired) electrons. The maximum Gasteiger partial charge on any atom is 0.133 e. The molecule has 150 valence electrons. The number of unbranched alkanes of at least 4 members (excludes halogenated alkanes) is 1. The van der Waals surface area contributed by atoms with Gasteiger partial charge in [-0.05, 0) is 49.7 Å².